The van der Waals surface area contributed by atoms with Gasteiger partial charge in [0.15, 0.2) is 0 Å². The van der Waals surface area contributed by atoms with Gasteiger partial charge in [-0.15, -0.1) is 0 Å². The maximum absolute atomic E-state index is 10.9. The maximum Gasteiger partial charge on any atom is 0.397 e. The van der Waals surface area contributed by atoms with E-state index in [1.54, 1.807) is 5.32 Å². The topological polar surface area (TPSA) is 72.5 Å². The number of hydrogen-bond donors (Lipinski definition) is 1. The number of nitrogens with one attached hydrogen (secondary N) is 1. The van der Waals surface area contributed by atoms with Crippen molar-refractivity contribution in [2.24, 2.45) is 0 Å². The molecular weight excluding hydrogens is 186 g/mol. The van der Waals surface area contributed by atoms with Crippen LogP contribution in [0.1, 0.15) is 19.8 Å². The van der Waals surface area contributed by atoms with Crippen LogP contribution in [-0.2, 0) is 19.1 Å². The molecule has 0 unspecified atom stereocenters. The molecule has 0 aliphatic carbocycles. The molecule has 0 atom stereocenters. The molecule has 0 aromatic carbocycles. The average molecular weight is 199 g/mol. The quantitative estimate of drug-likeness (QED) is 0.303. The first-order chi connectivity index (χ1) is 6.61. The molecule has 0 aliphatic heterocycles. The van der Waals surface area contributed by atoms with Gasteiger partial charge in [0.25, 0.3) is 0 Å². The fraction of sp³-hybridized carbons (Fsp3) is 0.444. The molecule has 5 heteroatoms. The van der Waals surface area contributed by atoms with E-state index >= 15 is 0 Å². The fourth-order valence-electron chi connectivity index (χ4n) is 0.589. The van der Waals surface area contributed by atoms with E-state index in [0.29, 0.717) is 6.42 Å². The summed E-state index contributed by atoms with van der Waals surface area (Å²) >= 11 is 0. The van der Waals surface area contributed by atoms with Gasteiger partial charge in [-0.2, -0.15) is 0 Å². The number of carbonyl (C=O) groups excluding carboxylic acids is 3. The third kappa shape index (κ3) is 5.08. The Balaban J connectivity index is 3.82. The lowest BCUT2D eigenvalue weighted by Crippen LogP contribution is -2.36. The molecule has 0 bridgehead atoms. The Morgan fingerprint density at radius 3 is 2.57 bits per heavy atom. The zero-order chi connectivity index (χ0) is 11.0. The zero-order valence-corrected chi connectivity index (χ0v) is 8.04. The lowest BCUT2D eigenvalue weighted by molar-refractivity contribution is -0.155. The first-order valence-corrected chi connectivity index (χ1v) is 4.26. The first-order valence-electron chi connectivity index (χ1n) is 4.26. The van der Waals surface area contributed by atoms with Gasteiger partial charge in [0.05, 0.1) is 6.61 Å². The number of carbonyl (C=O) groups is 3. The van der Waals surface area contributed by atoms with Crippen molar-refractivity contribution >= 4 is 17.8 Å². The molecule has 0 spiro atoms. The van der Waals surface area contributed by atoms with E-state index in [1.165, 1.54) is 0 Å². The summed E-state index contributed by atoms with van der Waals surface area (Å²) in [6, 6.07) is 0. The predicted molar refractivity (Wildman–Crippen MR) is 49.2 cm³/mol. The van der Waals surface area contributed by atoms with Gasteiger partial charge in [0, 0.05) is 0 Å². The van der Waals surface area contributed by atoms with Crippen LogP contribution >= 0.6 is 0 Å². The fourth-order valence-corrected chi connectivity index (χ4v) is 0.589. The van der Waals surface area contributed by atoms with Crippen molar-refractivity contribution in [1.29, 1.82) is 0 Å². The highest BCUT2D eigenvalue weighted by atomic mass is 16.5. The molecular formula is C9H13NO4. The summed E-state index contributed by atoms with van der Waals surface area (Å²) in [6.45, 7) is 5.24. The van der Waals surface area contributed by atoms with Crippen molar-refractivity contribution in [2.45, 2.75) is 19.8 Å². The van der Waals surface area contributed by atoms with Gasteiger partial charge < -0.3 is 4.74 Å². The van der Waals surface area contributed by atoms with E-state index in [-0.39, 0.29) is 6.61 Å². The van der Waals surface area contributed by atoms with Crippen LogP contribution in [-0.4, -0.2) is 24.4 Å². The van der Waals surface area contributed by atoms with Crippen LogP contribution in [0.4, 0.5) is 0 Å². The standard InChI is InChI=1S/C9H13NO4/c1-3-5-6-14-9(13)8(12)10-7(11)4-2/h4H,2-3,5-6H2,1H3,(H,10,11,12). The third-order valence-electron chi connectivity index (χ3n) is 1.34. The predicted octanol–water partition coefficient (Wildman–Crippen LogP) is 0.158. The normalized spacial score (nSPS) is 8.93. The minimum atomic E-state index is -1.06. The minimum absolute atomic E-state index is 0.186. The summed E-state index contributed by atoms with van der Waals surface area (Å²) in [5.74, 6) is -2.83. The van der Waals surface area contributed by atoms with Crippen molar-refractivity contribution in [3.8, 4) is 0 Å². The monoisotopic (exact) mass is 199 g/mol. The van der Waals surface area contributed by atoms with Gasteiger partial charge in [-0.1, -0.05) is 19.9 Å². The van der Waals surface area contributed by atoms with Crippen LogP contribution in [0, 0.1) is 0 Å². The Bertz CT molecular complexity index is 247. The van der Waals surface area contributed by atoms with E-state index in [1.807, 2.05) is 6.92 Å². The summed E-state index contributed by atoms with van der Waals surface area (Å²) < 4.78 is 4.55. The molecule has 0 radical (unpaired) electrons. The molecule has 0 saturated heterocycles. The summed E-state index contributed by atoms with van der Waals surface area (Å²) in [7, 11) is 0. The number of rotatable bonds is 4. The summed E-state index contributed by atoms with van der Waals surface area (Å²) in [5.41, 5.74) is 0. The van der Waals surface area contributed by atoms with Crippen LogP contribution in [0.2, 0.25) is 0 Å². The zero-order valence-electron chi connectivity index (χ0n) is 8.04. The molecule has 0 aromatic heterocycles. The molecule has 0 heterocycles. The van der Waals surface area contributed by atoms with Crippen LogP contribution in [0.5, 0.6) is 0 Å². The summed E-state index contributed by atoms with van der Waals surface area (Å²) in [6.07, 6.45) is 2.45. The second-order valence-electron chi connectivity index (χ2n) is 2.51. The average Bonchev–Trinajstić information content (AvgIpc) is 2.17. The van der Waals surface area contributed by atoms with Gasteiger partial charge in [-0.25, -0.2) is 4.79 Å². The third-order valence-corrected chi connectivity index (χ3v) is 1.34. The summed E-state index contributed by atoms with van der Waals surface area (Å²) in [5, 5.41) is 1.79. The van der Waals surface area contributed by atoms with Crippen molar-refractivity contribution in [1.82, 2.24) is 5.32 Å². The molecule has 0 aromatic rings. The van der Waals surface area contributed by atoms with Crippen molar-refractivity contribution in [2.75, 3.05) is 6.61 Å². The number of imide groups is 1. The van der Waals surface area contributed by atoms with Crippen LogP contribution < -0.4 is 5.32 Å². The van der Waals surface area contributed by atoms with Gasteiger partial charge in [0.2, 0.25) is 5.91 Å². The highest BCUT2D eigenvalue weighted by molar-refractivity contribution is 6.35. The van der Waals surface area contributed by atoms with Crippen molar-refractivity contribution in [3.63, 3.8) is 0 Å². The van der Waals surface area contributed by atoms with E-state index < -0.39 is 17.8 Å². The molecule has 78 valence electrons. The van der Waals surface area contributed by atoms with Crippen LogP contribution in [0.15, 0.2) is 12.7 Å². The molecule has 0 fully saturated rings. The van der Waals surface area contributed by atoms with E-state index in [0.717, 1.165) is 12.5 Å². The highest BCUT2D eigenvalue weighted by Gasteiger charge is 2.16. The highest BCUT2D eigenvalue weighted by Crippen LogP contribution is 1.88. The molecule has 2 amide bonds. The molecule has 0 rings (SSSR count). The van der Waals surface area contributed by atoms with Gasteiger partial charge in [0.1, 0.15) is 0 Å². The van der Waals surface area contributed by atoms with Crippen LogP contribution in [0.3, 0.4) is 0 Å². The number of esters is 1. The van der Waals surface area contributed by atoms with Gasteiger partial charge in [-0.3, -0.25) is 14.9 Å². The Morgan fingerprint density at radius 2 is 2.07 bits per heavy atom. The second-order valence-corrected chi connectivity index (χ2v) is 2.51. The summed E-state index contributed by atoms with van der Waals surface area (Å²) in [4.78, 5) is 32.3. The van der Waals surface area contributed by atoms with Crippen LogP contribution in [0.25, 0.3) is 0 Å². The lowest BCUT2D eigenvalue weighted by Gasteiger charge is -2.02. The number of unbranched alkanes of at least 4 members (excludes halogenated alkanes) is 1. The Labute approximate surface area is 82.1 Å². The van der Waals surface area contributed by atoms with E-state index in [4.69, 9.17) is 0 Å². The Morgan fingerprint density at radius 1 is 1.43 bits per heavy atom. The van der Waals surface area contributed by atoms with E-state index in [2.05, 4.69) is 11.3 Å². The number of ether oxygens (including phenoxy) is 1. The SMILES string of the molecule is C=CC(=O)NC(=O)C(=O)OCCCC. The minimum Gasteiger partial charge on any atom is -0.459 e. The number of amides is 2. The van der Waals surface area contributed by atoms with Gasteiger partial charge >= 0.3 is 11.9 Å². The largest absolute Gasteiger partial charge is 0.459 e. The second kappa shape index (κ2) is 6.82. The molecule has 14 heavy (non-hydrogen) atoms. The maximum atomic E-state index is 10.9. The molecule has 0 aliphatic rings. The Kier molecular flexibility index (Phi) is 6.02. The number of hydrogen-bond acceptors (Lipinski definition) is 4. The van der Waals surface area contributed by atoms with Crippen molar-refractivity contribution < 1.29 is 19.1 Å². The first kappa shape index (κ1) is 12.3. The molecule has 0 saturated carbocycles. The molecule has 1 N–H and O–H groups in total. The molecule has 5 nitrogen and oxygen atoms in total. The van der Waals surface area contributed by atoms with E-state index in [9.17, 15) is 14.4 Å². The van der Waals surface area contributed by atoms with Gasteiger partial charge in [-0.05, 0) is 12.5 Å². The smallest absolute Gasteiger partial charge is 0.397 e. The van der Waals surface area contributed by atoms with Crippen molar-refractivity contribution in [3.05, 3.63) is 12.7 Å². The lowest BCUT2D eigenvalue weighted by atomic mass is 10.4. The Hall–Kier alpha value is -1.65.